The van der Waals surface area contributed by atoms with Crippen LogP contribution in [0.1, 0.15) is 13.3 Å². The fourth-order valence-corrected chi connectivity index (χ4v) is 3.36. The van der Waals surface area contributed by atoms with E-state index in [2.05, 4.69) is 25.3 Å². The summed E-state index contributed by atoms with van der Waals surface area (Å²) in [5, 5.41) is 12.6. The van der Waals surface area contributed by atoms with Crippen molar-refractivity contribution in [3.05, 3.63) is 24.5 Å². The molecule has 0 aliphatic heterocycles. The number of aromatic amines is 1. The number of phenols is 1. The molecule has 1 atom stereocenters. The van der Waals surface area contributed by atoms with E-state index in [1.807, 2.05) is 6.92 Å². The minimum Gasteiger partial charge on any atom is -0.504 e. The number of amides is 1. The molecule has 3 aromatic rings. The summed E-state index contributed by atoms with van der Waals surface area (Å²) in [4.78, 5) is 28.0. The number of rotatable bonds is 6. The number of aromatic hydroxyl groups is 1. The minimum atomic E-state index is -0.407. The molecule has 0 spiro atoms. The summed E-state index contributed by atoms with van der Waals surface area (Å²) in [7, 11) is 1.44. The predicted octanol–water partition coefficient (Wildman–Crippen LogP) is 2.16. The van der Waals surface area contributed by atoms with E-state index in [1.165, 1.54) is 31.3 Å². The lowest BCUT2D eigenvalue weighted by Gasteiger charge is -2.15. The van der Waals surface area contributed by atoms with Crippen LogP contribution in [0.25, 0.3) is 11.2 Å². The van der Waals surface area contributed by atoms with Gasteiger partial charge in [0.2, 0.25) is 11.9 Å². The van der Waals surface area contributed by atoms with Crippen molar-refractivity contribution >= 4 is 40.5 Å². The highest BCUT2D eigenvalue weighted by Gasteiger charge is 2.22. The number of hydrogen-bond donors (Lipinski definition) is 4. The van der Waals surface area contributed by atoms with Crippen LogP contribution < -0.4 is 15.8 Å². The first kappa shape index (κ1) is 17.8. The van der Waals surface area contributed by atoms with Gasteiger partial charge in [0.05, 0.1) is 18.7 Å². The number of imidazole rings is 1. The van der Waals surface area contributed by atoms with E-state index in [4.69, 9.17) is 10.5 Å². The lowest BCUT2D eigenvalue weighted by Crippen LogP contribution is -2.24. The molecule has 10 heteroatoms. The molecule has 1 aromatic carbocycles. The van der Waals surface area contributed by atoms with Crippen molar-refractivity contribution in [2.45, 2.75) is 23.6 Å². The molecule has 1 amide bonds. The Morgan fingerprint density at radius 2 is 2.27 bits per heavy atom. The van der Waals surface area contributed by atoms with Gasteiger partial charge in [0.15, 0.2) is 17.1 Å². The molecular weight excluding hydrogens is 356 g/mol. The summed E-state index contributed by atoms with van der Waals surface area (Å²) in [5.74, 6) is 0.192. The van der Waals surface area contributed by atoms with Gasteiger partial charge < -0.3 is 25.9 Å². The van der Waals surface area contributed by atoms with E-state index >= 15 is 0 Å². The Kier molecular flexibility index (Phi) is 5.12. The summed E-state index contributed by atoms with van der Waals surface area (Å²) in [6.45, 7) is 1.91. The number of methoxy groups -OCH3 is 1. The van der Waals surface area contributed by atoms with Crippen LogP contribution in [-0.4, -0.2) is 43.3 Å². The number of ether oxygens (including phenoxy) is 1. The maximum absolute atomic E-state index is 12.7. The molecular formula is C16H18N6O3S. The second kappa shape index (κ2) is 7.48. The van der Waals surface area contributed by atoms with Crippen LogP contribution in [-0.2, 0) is 4.79 Å². The lowest BCUT2D eigenvalue weighted by molar-refractivity contribution is -0.115. The highest BCUT2D eigenvalue weighted by molar-refractivity contribution is 8.00. The first-order valence-corrected chi connectivity index (χ1v) is 8.71. The quantitative estimate of drug-likeness (QED) is 0.292. The summed E-state index contributed by atoms with van der Waals surface area (Å²) >= 11 is 1.28. The molecule has 0 radical (unpaired) electrons. The summed E-state index contributed by atoms with van der Waals surface area (Å²) in [6, 6.07) is 4.62. The van der Waals surface area contributed by atoms with Crippen LogP contribution in [0.4, 0.5) is 11.6 Å². The van der Waals surface area contributed by atoms with Crippen LogP contribution in [0.5, 0.6) is 11.5 Å². The zero-order valence-electron chi connectivity index (χ0n) is 14.2. The molecule has 2 heterocycles. The molecule has 5 N–H and O–H groups in total. The summed E-state index contributed by atoms with van der Waals surface area (Å²) in [5.41, 5.74) is 7.34. The van der Waals surface area contributed by atoms with Crippen molar-refractivity contribution in [1.29, 1.82) is 0 Å². The van der Waals surface area contributed by atoms with Gasteiger partial charge in [-0.05, 0) is 18.6 Å². The number of carbonyl (C=O) groups is 1. The SMILES string of the molecule is CC[C@@H](Sc1nc(N)nc2nc[nH]c12)C(=O)Nc1ccc(O)c(OC)c1. The molecule has 136 valence electrons. The Balaban J connectivity index is 1.79. The van der Waals surface area contributed by atoms with Crippen LogP contribution in [0.2, 0.25) is 0 Å². The Morgan fingerprint density at radius 1 is 1.46 bits per heavy atom. The van der Waals surface area contributed by atoms with Gasteiger partial charge in [-0.1, -0.05) is 18.7 Å². The second-order valence-corrected chi connectivity index (χ2v) is 6.57. The van der Waals surface area contributed by atoms with Crippen molar-refractivity contribution in [3.8, 4) is 11.5 Å². The molecule has 26 heavy (non-hydrogen) atoms. The van der Waals surface area contributed by atoms with Crippen LogP contribution >= 0.6 is 11.8 Å². The topological polar surface area (TPSA) is 139 Å². The van der Waals surface area contributed by atoms with Crippen molar-refractivity contribution in [3.63, 3.8) is 0 Å². The van der Waals surface area contributed by atoms with Gasteiger partial charge in [-0.2, -0.15) is 4.98 Å². The summed E-state index contributed by atoms with van der Waals surface area (Å²) in [6.07, 6.45) is 2.08. The molecule has 2 aromatic heterocycles. The van der Waals surface area contributed by atoms with Gasteiger partial charge in [-0.25, -0.2) is 9.97 Å². The number of phenolic OH excluding ortho intramolecular Hbond substituents is 1. The molecule has 0 aliphatic rings. The Bertz CT molecular complexity index is 945. The van der Waals surface area contributed by atoms with E-state index in [-0.39, 0.29) is 23.4 Å². The average molecular weight is 374 g/mol. The fourth-order valence-electron chi connectivity index (χ4n) is 2.34. The normalized spacial score (nSPS) is 12.1. The number of nitrogens with one attached hydrogen (secondary N) is 2. The number of nitrogens with two attached hydrogens (primary N) is 1. The third-order valence-electron chi connectivity index (χ3n) is 3.63. The molecule has 9 nitrogen and oxygen atoms in total. The molecule has 0 unspecified atom stereocenters. The standard InChI is InChI=1S/C16H18N6O3S/c1-3-11(14(24)20-8-4-5-9(23)10(6-8)25-2)26-15-12-13(19-7-18-12)21-16(17)22-15/h4-7,11,23H,3H2,1-2H3,(H,20,24)(H3,17,18,19,21,22)/t11-/m1/s1. The number of carbonyl (C=O) groups excluding carboxylic acids is 1. The van der Waals surface area contributed by atoms with Crippen LogP contribution in [0.3, 0.4) is 0 Å². The average Bonchev–Trinajstić information content (AvgIpc) is 3.09. The highest BCUT2D eigenvalue weighted by Crippen LogP contribution is 2.31. The van der Waals surface area contributed by atoms with Crippen LogP contribution in [0.15, 0.2) is 29.6 Å². The van der Waals surface area contributed by atoms with Crippen LogP contribution in [0, 0.1) is 0 Å². The molecule has 0 bridgehead atoms. The Labute approximate surface area is 153 Å². The molecule has 0 fully saturated rings. The van der Waals surface area contributed by atoms with Crippen molar-refractivity contribution in [2.24, 2.45) is 0 Å². The highest BCUT2D eigenvalue weighted by atomic mass is 32.2. The van der Waals surface area contributed by atoms with Gasteiger partial charge in [0.25, 0.3) is 0 Å². The van der Waals surface area contributed by atoms with Crippen molar-refractivity contribution < 1.29 is 14.6 Å². The van der Waals surface area contributed by atoms with Crippen molar-refractivity contribution in [2.75, 3.05) is 18.2 Å². The molecule has 0 saturated carbocycles. The van der Waals surface area contributed by atoms with E-state index in [9.17, 15) is 9.90 Å². The first-order chi connectivity index (χ1) is 12.5. The van der Waals surface area contributed by atoms with E-state index in [0.717, 1.165) is 0 Å². The second-order valence-electron chi connectivity index (χ2n) is 5.38. The third-order valence-corrected chi connectivity index (χ3v) is 4.98. The number of hydrogen-bond acceptors (Lipinski definition) is 8. The number of aromatic nitrogens is 4. The van der Waals surface area contributed by atoms with E-state index in [0.29, 0.717) is 28.3 Å². The van der Waals surface area contributed by atoms with Gasteiger partial charge >= 0.3 is 0 Å². The van der Waals surface area contributed by atoms with Crippen molar-refractivity contribution in [1.82, 2.24) is 19.9 Å². The number of nitrogen functional groups attached to an aromatic ring is 1. The van der Waals surface area contributed by atoms with Gasteiger partial charge in [-0.3, -0.25) is 4.79 Å². The maximum Gasteiger partial charge on any atom is 0.237 e. The smallest absolute Gasteiger partial charge is 0.237 e. The number of fused-ring (bicyclic) bond motifs is 1. The van der Waals surface area contributed by atoms with E-state index in [1.54, 1.807) is 12.1 Å². The van der Waals surface area contributed by atoms with Gasteiger partial charge in [0, 0.05) is 11.8 Å². The number of thioether (sulfide) groups is 1. The monoisotopic (exact) mass is 374 g/mol. The molecule has 3 rings (SSSR count). The van der Waals surface area contributed by atoms with E-state index < -0.39 is 5.25 Å². The Hall–Kier alpha value is -3.01. The zero-order chi connectivity index (χ0) is 18.7. The lowest BCUT2D eigenvalue weighted by atomic mass is 10.2. The largest absolute Gasteiger partial charge is 0.504 e. The number of anilines is 2. The maximum atomic E-state index is 12.7. The Morgan fingerprint density at radius 3 is 3.00 bits per heavy atom. The van der Waals surface area contributed by atoms with Gasteiger partial charge in [0.1, 0.15) is 10.5 Å². The summed E-state index contributed by atoms with van der Waals surface area (Å²) < 4.78 is 5.05. The first-order valence-electron chi connectivity index (χ1n) is 7.83. The number of nitrogens with zero attached hydrogens (tertiary/aromatic N) is 3. The molecule has 0 saturated heterocycles. The van der Waals surface area contributed by atoms with Gasteiger partial charge in [-0.15, -0.1) is 0 Å². The number of H-pyrrole nitrogens is 1. The molecule has 0 aliphatic carbocycles. The number of benzene rings is 1. The zero-order valence-corrected chi connectivity index (χ0v) is 15.0. The predicted molar refractivity (Wildman–Crippen MR) is 99.3 cm³/mol. The third kappa shape index (κ3) is 3.64. The minimum absolute atomic E-state index is 0.00464. The fraction of sp³-hybridized carbons (Fsp3) is 0.250.